The van der Waals surface area contributed by atoms with E-state index >= 15 is 0 Å². The Labute approximate surface area is 339 Å². The van der Waals surface area contributed by atoms with Crippen LogP contribution in [-0.2, 0) is 23.7 Å². The van der Waals surface area contributed by atoms with Gasteiger partial charge in [-0.25, -0.2) is 0 Å². The van der Waals surface area contributed by atoms with Crippen LogP contribution in [0.25, 0.3) is 0 Å². The Bertz CT molecular complexity index is 1120. The van der Waals surface area contributed by atoms with E-state index < -0.39 is 43.4 Å². The van der Waals surface area contributed by atoms with Crippen LogP contribution in [0.5, 0.6) is 0 Å². The van der Waals surface area contributed by atoms with E-state index in [2.05, 4.69) is 98.9 Å². The van der Waals surface area contributed by atoms with E-state index in [9.17, 15) is 25.2 Å². The van der Waals surface area contributed by atoms with Crippen LogP contribution in [0.3, 0.4) is 0 Å². The highest BCUT2D eigenvalue weighted by atomic mass is 16.7. The fourth-order valence-corrected chi connectivity index (χ4v) is 5.91. The summed E-state index contributed by atoms with van der Waals surface area (Å²) in [6, 6.07) is 0. The van der Waals surface area contributed by atoms with Crippen molar-refractivity contribution in [3.05, 3.63) is 85.1 Å². The third kappa shape index (κ3) is 28.7. The molecule has 4 N–H and O–H groups in total. The van der Waals surface area contributed by atoms with Crippen molar-refractivity contribution < 1.29 is 44.2 Å². The van der Waals surface area contributed by atoms with Gasteiger partial charge in [-0.2, -0.15) is 0 Å². The standard InChI is InChI=1S/C47H78O9/c1-3-5-7-9-11-13-15-17-19-21-22-24-26-28-30-32-34-36-43(49)55-41(40-54-47-46(52)45(51)44(50)42(38-48)56-47)39-53-37-35-33-31-29-27-25-23-20-18-16-14-12-10-8-6-4-2/h5,7,11-14,17-20,22,24,28,30,41-42,44-48,50-52H,3-4,6,8-10,15-16,21,23,25-27,29,31-40H2,1-2H3/b7-5-,13-11-,14-12-,19-17-,20-18-,24-22-,30-28-. The molecule has 56 heavy (non-hydrogen) atoms. The van der Waals surface area contributed by atoms with Gasteiger partial charge in [0, 0.05) is 13.0 Å². The number of aliphatic hydroxyl groups is 4. The van der Waals surface area contributed by atoms with E-state index in [-0.39, 0.29) is 25.6 Å². The van der Waals surface area contributed by atoms with E-state index in [0.29, 0.717) is 13.0 Å². The number of esters is 1. The second kappa shape index (κ2) is 37.9. The summed E-state index contributed by atoms with van der Waals surface area (Å²) in [5.41, 5.74) is 0. The molecule has 0 aromatic heterocycles. The Kier molecular flexibility index (Phi) is 34.8. The van der Waals surface area contributed by atoms with E-state index in [1.54, 1.807) is 0 Å². The maximum Gasteiger partial charge on any atom is 0.306 e. The van der Waals surface area contributed by atoms with E-state index in [4.69, 9.17) is 18.9 Å². The minimum Gasteiger partial charge on any atom is -0.457 e. The highest BCUT2D eigenvalue weighted by molar-refractivity contribution is 5.69. The topological polar surface area (TPSA) is 135 Å². The zero-order chi connectivity index (χ0) is 40.7. The molecule has 9 heteroatoms. The van der Waals surface area contributed by atoms with Gasteiger partial charge < -0.3 is 39.4 Å². The number of allylic oxidation sites excluding steroid dienone is 14. The molecule has 0 saturated carbocycles. The minimum absolute atomic E-state index is 0.109. The van der Waals surface area contributed by atoms with Gasteiger partial charge in [0.05, 0.1) is 19.8 Å². The van der Waals surface area contributed by atoms with Crippen LogP contribution in [0.4, 0.5) is 0 Å². The quantitative estimate of drug-likeness (QED) is 0.0282. The second-order valence-corrected chi connectivity index (χ2v) is 14.4. The number of unbranched alkanes of at least 4 members (excludes halogenated alkanes) is 10. The Balaban J connectivity index is 2.35. The van der Waals surface area contributed by atoms with Crippen molar-refractivity contribution in [3.63, 3.8) is 0 Å². The Morgan fingerprint density at radius 1 is 0.589 bits per heavy atom. The summed E-state index contributed by atoms with van der Waals surface area (Å²) in [5, 5.41) is 40.1. The van der Waals surface area contributed by atoms with Gasteiger partial charge in [-0.05, 0) is 83.5 Å². The summed E-state index contributed by atoms with van der Waals surface area (Å²) in [7, 11) is 0. The number of hydrogen-bond donors (Lipinski definition) is 4. The molecule has 9 nitrogen and oxygen atoms in total. The summed E-state index contributed by atoms with van der Waals surface area (Å²) >= 11 is 0. The molecular weight excluding hydrogens is 709 g/mol. The van der Waals surface area contributed by atoms with Crippen molar-refractivity contribution in [3.8, 4) is 0 Å². The molecule has 0 spiro atoms. The van der Waals surface area contributed by atoms with Gasteiger partial charge in [0.1, 0.15) is 30.5 Å². The van der Waals surface area contributed by atoms with Crippen molar-refractivity contribution in [2.75, 3.05) is 26.4 Å². The third-order valence-electron chi connectivity index (χ3n) is 9.30. The van der Waals surface area contributed by atoms with Gasteiger partial charge in [-0.1, -0.05) is 137 Å². The number of rotatable bonds is 35. The maximum atomic E-state index is 12.7. The van der Waals surface area contributed by atoms with Crippen LogP contribution in [0.15, 0.2) is 85.1 Å². The molecule has 1 fully saturated rings. The molecule has 1 heterocycles. The molecule has 1 saturated heterocycles. The highest BCUT2D eigenvalue weighted by Gasteiger charge is 2.44. The molecule has 0 amide bonds. The number of ether oxygens (including phenoxy) is 4. The lowest BCUT2D eigenvalue weighted by Crippen LogP contribution is -2.59. The van der Waals surface area contributed by atoms with Crippen molar-refractivity contribution in [1.82, 2.24) is 0 Å². The van der Waals surface area contributed by atoms with Gasteiger partial charge in [0.15, 0.2) is 6.29 Å². The fraction of sp³-hybridized carbons (Fsp3) is 0.681. The summed E-state index contributed by atoms with van der Waals surface area (Å²) in [6.45, 7) is 4.30. The van der Waals surface area contributed by atoms with Crippen molar-refractivity contribution >= 4 is 5.97 Å². The zero-order valence-electron chi connectivity index (χ0n) is 34.8. The first-order chi connectivity index (χ1) is 27.4. The average Bonchev–Trinajstić information content (AvgIpc) is 3.20. The first-order valence-electron chi connectivity index (χ1n) is 21.7. The van der Waals surface area contributed by atoms with Crippen molar-refractivity contribution in [2.24, 2.45) is 0 Å². The van der Waals surface area contributed by atoms with E-state index in [1.165, 1.54) is 44.9 Å². The van der Waals surface area contributed by atoms with Crippen LogP contribution in [-0.4, -0.2) is 89.6 Å². The maximum absolute atomic E-state index is 12.7. The largest absolute Gasteiger partial charge is 0.457 e. The van der Waals surface area contributed by atoms with Gasteiger partial charge in [-0.3, -0.25) is 4.79 Å². The van der Waals surface area contributed by atoms with Crippen LogP contribution in [0.2, 0.25) is 0 Å². The molecule has 0 aliphatic carbocycles. The zero-order valence-corrected chi connectivity index (χ0v) is 34.8. The molecule has 0 aromatic rings. The lowest BCUT2D eigenvalue weighted by molar-refractivity contribution is -0.305. The molecule has 0 radical (unpaired) electrons. The van der Waals surface area contributed by atoms with Crippen molar-refractivity contribution in [2.45, 2.75) is 179 Å². The van der Waals surface area contributed by atoms with Gasteiger partial charge in [0.25, 0.3) is 0 Å². The number of carbonyl (C=O) groups is 1. The molecule has 1 aliphatic rings. The smallest absolute Gasteiger partial charge is 0.306 e. The summed E-state index contributed by atoms with van der Waals surface area (Å²) in [5.74, 6) is -0.378. The summed E-state index contributed by atoms with van der Waals surface area (Å²) in [6.07, 6.45) is 43.2. The van der Waals surface area contributed by atoms with Gasteiger partial charge in [-0.15, -0.1) is 0 Å². The molecule has 320 valence electrons. The van der Waals surface area contributed by atoms with Crippen LogP contribution >= 0.6 is 0 Å². The van der Waals surface area contributed by atoms with Gasteiger partial charge in [0.2, 0.25) is 0 Å². The molecule has 6 unspecified atom stereocenters. The number of aliphatic hydroxyl groups excluding tert-OH is 4. The van der Waals surface area contributed by atoms with Crippen molar-refractivity contribution in [1.29, 1.82) is 0 Å². The SMILES string of the molecule is CC/C=C\C/C=C\C/C=C\C/C=C\C/C=C\CCCC(=O)OC(COCCCCCCCC/C=C\C/C=C\CCCCC)COC1OC(CO)C(O)C(O)C1O. The van der Waals surface area contributed by atoms with E-state index in [1.807, 2.05) is 0 Å². The Morgan fingerprint density at radius 2 is 1.09 bits per heavy atom. The Hall–Kier alpha value is -2.63. The lowest BCUT2D eigenvalue weighted by Gasteiger charge is -2.39. The third-order valence-corrected chi connectivity index (χ3v) is 9.30. The second-order valence-electron chi connectivity index (χ2n) is 14.4. The lowest BCUT2D eigenvalue weighted by atomic mass is 9.99. The summed E-state index contributed by atoms with van der Waals surface area (Å²) in [4.78, 5) is 12.7. The first-order valence-corrected chi connectivity index (χ1v) is 21.7. The average molecular weight is 787 g/mol. The molecule has 0 aromatic carbocycles. The van der Waals surface area contributed by atoms with Crippen LogP contribution < -0.4 is 0 Å². The van der Waals surface area contributed by atoms with Crippen LogP contribution in [0.1, 0.15) is 142 Å². The molecule has 0 bridgehead atoms. The molecule has 6 atom stereocenters. The molecule has 1 rings (SSSR count). The van der Waals surface area contributed by atoms with E-state index in [0.717, 1.165) is 70.6 Å². The number of hydrogen-bond acceptors (Lipinski definition) is 9. The monoisotopic (exact) mass is 787 g/mol. The fourth-order valence-electron chi connectivity index (χ4n) is 5.91. The molecule has 1 aliphatic heterocycles. The Morgan fingerprint density at radius 3 is 1.64 bits per heavy atom. The molecular formula is C47H78O9. The van der Waals surface area contributed by atoms with Crippen LogP contribution in [0, 0.1) is 0 Å². The highest BCUT2D eigenvalue weighted by Crippen LogP contribution is 2.22. The number of carbonyl (C=O) groups excluding carboxylic acids is 1. The summed E-state index contributed by atoms with van der Waals surface area (Å²) < 4.78 is 22.7. The van der Waals surface area contributed by atoms with Gasteiger partial charge >= 0.3 is 5.97 Å². The first kappa shape index (κ1) is 51.4. The predicted molar refractivity (Wildman–Crippen MR) is 228 cm³/mol. The predicted octanol–water partition coefficient (Wildman–Crippen LogP) is 9.47. The minimum atomic E-state index is -1.55. The normalized spacial score (nSPS) is 21.4.